The largest absolute Gasteiger partial charge is 0.342 e. The standard InChI is InChI=1S/C16H28N2O/c1-11-5-7-18(8-6-11)16(19)14-9-12-3-2-4-13(10-14)15(12)17/h11-15H,2-10,17H2,1H3. The fourth-order valence-electron chi connectivity index (χ4n) is 4.48. The highest BCUT2D eigenvalue weighted by Crippen LogP contribution is 2.42. The van der Waals surface area contributed by atoms with Crippen molar-refractivity contribution in [2.75, 3.05) is 13.1 Å². The van der Waals surface area contributed by atoms with Gasteiger partial charge in [-0.2, -0.15) is 0 Å². The molecule has 0 aromatic carbocycles. The molecule has 2 aliphatic carbocycles. The van der Waals surface area contributed by atoms with Crippen LogP contribution >= 0.6 is 0 Å². The number of likely N-dealkylation sites (tertiary alicyclic amines) is 1. The molecule has 2 atom stereocenters. The highest BCUT2D eigenvalue weighted by molar-refractivity contribution is 5.79. The van der Waals surface area contributed by atoms with Gasteiger partial charge in [0, 0.05) is 25.0 Å². The summed E-state index contributed by atoms with van der Waals surface area (Å²) in [4.78, 5) is 14.8. The summed E-state index contributed by atoms with van der Waals surface area (Å²) in [5.41, 5.74) is 6.32. The van der Waals surface area contributed by atoms with Gasteiger partial charge in [0.15, 0.2) is 0 Å². The molecule has 0 aromatic rings. The Bertz CT molecular complexity index is 322. The smallest absolute Gasteiger partial charge is 0.225 e. The van der Waals surface area contributed by atoms with Gasteiger partial charge in [-0.1, -0.05) is 13.3 Å². The molecule has 3 aliphatic rings. The summed E-state index contributed by atoms with van der Waals surface area (Å²) in [6, 6.07) is 0.374. The van der Waals surface area contributed by atoms with Crippen molar-refractivity contribution in [2.24, 2.45) is 29.4 Å². The number of carbonyl (C=O) groups is 1. The number of hydrogen-bond donors (Lipinski definition) is 1. The summed E-state index contributed by atoms with van der Waals surface area (Å²) in [6.07, 6.45) is 8.31. The normalized spacial score (nSPS) is 40.2. The first kappa shape index (κ1) is 13.4. The fourth-order valence-corrected chi connectivity index (χ4v) is 4.48. The SMILES string of the molecule is CC1CCN(C(=O)C2CC3CCCC(C2)C3N)CC1. The molecule has 2 N–H and O–H groups in total. The molecule has 108 valence electrons. The van der Waals surface area contributed by atoms with Crippen molar-refractivity contribution in [3.63, 3.8) is 0 Å². The molecule has 3 nitrogen and oxygen atoms in total. The second-order valence-electron chi connectivity index (χ2n) is 7.20. The van der Waals surface area contributed by atoms with Gasteiger partial charge in [-0.05, 0) is 56.3 Å². The molecule has 1 saturated heterocycles. The Morgan fingerprint density at radius 2 is 1.63 bits per heavy atom. The average molecular weight is 264 g/mol. The molecule has 19 heavy (non-hydrogen) atoms. The number of rotatable bonds is 1. The van der Waals surface area contributed by atoms with Gasteiger partial charge >= 0.3 is 0 Å². The lowest BCUT2D eigenvalue weighted by molar-refractivity contribution is -0.140. The Kier molecular flexibility index (Phi) is 3.84. The Morgan fingerprint density at radius 1 is 1.05 bits per heavy atom. The number of amides is 1. The lowest BCUT2D eigenvalue weighted by atomic mass is 9.65. The average Bonchev–Trinajstić information content (AvgIpc) is 2.38. The molecule has 1 aliphatic heterocycles. The predicted molar refractivity (Wildman–Crippen MR) is 76.5 cm³/mol. The molecule has 0 aromatic heterocycles. The Hall–Kier alpha value is -0.570. The third-order valence-electron chi connectivity index (χ3n) is 5.86. The van der Waals surface area contributed by atoms with Crippen molar-refractivity contribution in [3.05, 3.63) is 0 Å². The minimum Gasteiger partial charge on any atom is -0.342 e. The Labute approximate surface area is 116 Å². The van der Waals surface area contributed by atoms with Gasteiger partial charge < -0.3 is 10.6 Å². The minimum absolute atomic E-state index is 0.281. The number of fused-ring (bicyclic) bond motifs is 2. The van der Waals surface area contributed by atoms with E-state index in [4.69, 9.17) is 5.73 Å². The topological polar surface area (TPSA) is 46.3 Å². The van der Waals surface area contributed by atoms with Crippen LogP contribution in [0.1, 0.15) is 51.9 Å². The molecule has 3 rings (SSSR count). The minimum atomic E-state index is 0.281. The van der Waals surface area contributed by atoms with Crippen molar-refractivity contribution in [2.45, 2.75) is 57.9 Å². The third-order valence-corrected chi connectivity index (χ3v) is 5.86. The number of hydrogen-bond acceptors (Lipinski definition) is 2. The van der Waals surface area contributed by atoms with Gasteiger partial charge in [-0.3, -0.25) is 4.79 Å². The summed E-state index contributed by atoms with van der Waals surface area (Å²) < 4.78 is 0. The second-order valence-corrected chi connectivity index (χ2v) is 7.20. The molecule has 1 amide bonds. The van der Waals surface area contributed by atoms with Crippen molar-refractivity contribution in [1.82, 2.24) is 4.90 Å². The molecule has 0 radical (unpaired) electrons. The summed E-state index contributed by atoms with van der Waals surface area (Å²) >= 11 is 0. The fraction of sp³-hybridized carbons (Fsp3) is 0.938. The first-order chi connectivity index (χ1) is 9.15. The quantitative estimate of drug-likeness (QED) is 0.790. The molecule has 1 heterocycles. The Balaban J connectivity index is 1.61. The zero-order chi connectivity index (χ0) is 13.4. The molecule has 2 saturated carbocycles. The maximum Gasteiger partial charge on any atom is 0.225 e. The van der Waals surface area contributed by atoms with Gasteiger partial charge in [0.05, 0.1) is 0 Å². The van der Waals surface area contributed by atoms with Gasteiger partial charge in [0.2, 0.25) is 5.91 Å². The van der Waals surface area contributed by atoms with E-state index in [0.29, 0.717) is 23.8 Å². The van der Waals surface area contributed by atoms with E-state index < -0.39 is 0 Å². The number of carbonyl (C=O) groups excluding carboxylic acids is 1. The molecule has 3 fully saturated rings. The van der Waals surface area contributed by atoms with Crippen LogP contribution in [0.2, 0.25) is 0 Å². The van der Waals surface area contributed by atoms with Crippen molar-refractivity contribution >= 4 is 5.91 Å². The van der Waals surface area contributed by atoms with Crippen LogP contribution in [0.5, 0.6) is 0 Å². The summed E-state index contributed by atoms with van der Waals surface area (Å²) in [5, 5.41) is 0. The van der Waals surface area contributed by atoms with Crippen molar-refractivity contribution < 1.29 is 4.79 Å². The van der Waals surface area contributed by atoms with Gasteiger partial charge in [-0.25, -0.2) is 0 Å². The molecule has 0 spiro atoms. The Morgan fingerprint density at radius 3 is 2.21 bits per heavy atom. The van der Waals surface area contributed by atoms with E-state index in [2.05, 4.69) is 11.8 Å². The monoisotopic (exact) mass is 264 g/mol. The predicted octanol–water partition coefficient (Wildman–Crippen LogP) is 2.40. The zero-order valence-electron chi connectivity index (χ0n) is 12.2. The lowest BCUT2D eigenvalue weighted by Crippen LogP contribution is -2.50. The van der Waals surface area contributed by atoms with Crippen LogP contribution in [0, 0.1) is 23.7 Å². The van der Waals surface area contributed by atoms with Crippen LogP contribution in [0.25, 0.3) is 0 Å². The summed E-state index contributed by atoms with van der Waals surface area (Å²) in [7, 11) is 0. The van der Waals surface area contributed by atoms with Crippen LogP contribution in [0.3, 0.4) is 0 Å². The van der Waals surface area contributed by atoms with E-state index in [9.17, 15) is 4.79 Å². The maximum atomic E-state index is 12.7. The number of nitrogens with two attached hydrogens (primary N) is 1. The van der Waals surface area contributed by atoms with Crippen molar-refractivity contribution in [3.8, 4) is 0 Å². The van der Waals surface area contributed by atoms with E-state index in [1.165, 1.54) is 32.1 Å². The number of piperidine rings is 1. The van der Waals surface area contributed by atoms with E-state index >= 15 is 0 Å². The zero-order valence-corrected chi connectivity index (χ0v) is 12.2. The third kappa shape index (κ3) is 2.67. The van der Waals surface area contributed by atoms with Gasteiger partial charge in [-0.15, -0.1) is 0 Å². The van der Waals surface area contributed by atoms with E-state index in [0.717, 1.165) is 31.8 Å². The van der Waals surface area contributed by atoms with Gasteiger partial charge in [0.1, 0.15) is 0 Å². The van der Waals surface area contributed by atoms with Crippen LogP contribution in [0.15, 0.2) is 0 Å². The van der Waals surface area contributed by atoms with Crippen LogP contribution in [-0.4, -0.2) is 29.9 Å². The first-order valence-electron chi connectivity index (χ1n) is 8.19. The second kappa shape index (κ2) is 5.43. The highest BCUT2D eigenvalue weighted by Gasteiger charge is 2.41. The van der Waals surface area contributed by atoms with E-state index in [-0.39, 0.29) is 5.92 Å². The van der Waals surface area contributed by atoms with Crippen molar-refractivity contribution in [1.29, 1.82) is 0 Å². The summed E-state index contributed by atoms with van der Waals surface area (Å²) in [5.74, 6) is 2.75. The van der Waals surface area contributed by atoms with E-state index in [1.807, 2.05) is 0 Å². The number of nitrogens with zero attached hydrogens (tertiary/aromatic N) is 1. The molecule has 2 bridgehead atoms. The molecular weight excluding hydrogens is 236 g/mol. The van der Waals surface area contributed by atoms with Crippen LogP contribution < -0.4 is 5.73 Å². The van der Waals surface area contributed by atoms with Crippen LogP contribution in [0.4, 0.5) is 0 Å². The first-order valence-corrected chi connectivity index (χ1v) is 8.19. The molecule has 3 heteroatoms. The summed E-state index contributed by atoms with van der Waals surface area (Å²) in [6.45, 7) is 4.27. The van der Waals surface area contributed by atoms with Gasteiger partial charge in [0.25, 0.3) is 0 Å². The lowest BCUT2D eigenvalue weighted by Gasteiger charge is -2.45. The molecular formula is C16H28N2O. The van der Waals surface area contributed by atoms with E-state index in [1.54, 1.807) is 0 Å². The molecule has 2 unspecified atom stereocenters. The maximum absolute atomic E-state index is 12.7. The highest BCUT2D eigenvalue weighted by atomic mass is 16.2. The van der Waals surface area contributed by atoms with Crippen LogP contribution in [-0.2, 0) is 4.79 Å².